The van der Waals surface area contributed by atoms with E-state index < -0.39 is 32.3 Å². The Hall–Kier alpha value is -2.49. The SMILES string of the molecule is Cc1cc(S(=O)(=O)O)c(N=Nc2cc(C(=O)[O-])c([O-])c3ccccc23)cc1Cl.[Mn+2]. The van der Waals surface area contributed by atoms with Gasteiger partial charge in [0.2, 0.25) is 0 Å². The van der Waals surface area contributed by atoms with Gasteiger partial charge in [-0.2, -0.15) is 8.42 Å². The molecule has 29 heavy (non-hydrogen) atoms. The van der Waals surface area contributed by atoms with Gasteiger partial charge in [-0.1, -0.05) is 41.6 Å². The van der Waals surface area contributed by atoms with Crippen LogP contribution in [0, 0.1) is 6.92 Å². The first kappa shape index (κ1) is 22.8. The fourth-order valence-electron chi connectivity index (χ4n) is 2.60. The van der Waals surface area contributed by atoms with Crippen LogP contribution in [0.1, 0.15) is 15.9 Å². The molecule has 0 aliphatic carbocycles. The topological polar surface area (TPSA) is 142 Å². The van der Waals surface area contributed by atoms with E-state index in [0.717, 1.165) is 12.1 Å². The molecule has 3 aromatic carbocycles. The number of nitrogens with zero attached hydrogens (tertiary/aromatic N) is 2. The Morgan fingerprint density at radius 3 is 2.24 bits per heavy atom. The molecule has 0 spiro atoms. The smallest absolute Gasteiger partial charge is 0.872 e. The summed E-state index contributed by atoms with van der Waals surface area (Å²) in [5, 5.41) is 31.8. The molecule has 0 aromatic heterocycles. The van der Waals surface area contributed by atoms with E-state index in [1.54, 1.807) is 19.1 Å². The molecule has 0 heterocycles. The summed E-state index contributed by atoms with van der Waals surface area (Å²) in [6.45, 7) is 1.55. The van der Waals surface area contributed by atoms with Gasteiger partial charge in [0, 0.05) is 10.4 Å². The molecule has 3 aromatic rings. The minimum absolute atomic E-state index is 0. The molecule has 0 aliphatic rings. The van der Waals surface area contributed by atoms with Crippen LogP contribution in [0.4, 0.5) is 11.4 Å². The zero-order valence-electron chi connectivity index (χ0n) is 14.6. The average molecular weight is 474 g/mol. The van der Waals surface area contributed by atoms with Crippen molar-refractivity contribution in [3.05, 3.63) is 58.6 Å². The van der Waals surface area contributed by atoms with Gasteiger partial charge in [-0.05, 0) is 41.6 Å². The number of halogens is 1. The van der Waals surface area contributed by atoms with Gasteiger partial charge in [0.1, 0.15) is 10.6 Å². The molecule has 0 saturated heterocycles. The van der Waals surface area contributed by atoms with Crippen LogP contribution in [0.15, 0.2) is 57.6 Å². The minimum Gasteiger partial charge on any atom is -0.872 e. The molecule has 1 N–H and O–H groups in total. The van der Waals surface area contributed by atoms with Crippen LogP contribution in [0.25, 0.3) is 10.8 Å². The summed E-state index contributed by atoms with van der Waals surface area (Å²) in [5.41, 5.74) is -0.450. The van der Waals surface area contributed by atoms with Crippen molar-refractivity contribution >= 4 is 49.8 Å². The maximum Gasteiger partial charge on any atom is 2.00 e. The molecule has 0 saturated carbocycles. The molecular formula is C18H11ClMnN2O6S. The molecular weight excluding hydrogens is 463 g/mol. The normalized spacial score (nSPS) is 11.6. The van der Waals surface area contributed by atoms with Crippen molar-refractivity contribution in [1.82, 2.24) is 0 Å². The second-order valence-corrected chi connectivity index (χ2v) is 7.65. The number of hydrogen-bond acceptors (Lipinski definition) is 7. The average Bonchev–Trinajstić information content (AvgIpc) is 2.62. The number of carbonyl (C=O) groups is 1. The Bertz CT molecular complexity index is 1260. The fourth-order valence-corrected chi connectivity index (χ4v) is 3.45. The number of carbonyl (C=O) groups excluding carboxylic acids is 1. The second kappa shape index (κ2) is 8.48. The molecule has 0 unspecified atom stereocenters. The van der Waals surface area contributed by atoms with Gasteiger partial charge >= 0.3 is 17.1 Å². The van der Waals surface area contributed by atoms with Crippen LogP contribution in [-0.2, 0) is 27.2 Å². The summed E-state index contributed by atoms with van der Waals surface area (Å²) in [7, 11) is -4.61. The van der Waals surface area contributed by atoms with Crippen molar-refractivity contribution in [3.8, 4) is 5.75 Å². The molecule has 0 aliphatic heterocycles. The number of fused-ring (bicyclic) bond motifs is 1. The van der Waals surface area contributed by atoms with Gasteiger partial charge in [0.25, 0.3) is 10.1 Å². The number of carboxylic acid groups (broad SMARTS) is 1. The molecule has 1 radical (unpaired) electrons. The molecule has 0 fully saturated rings. The van der Waals surface area contributed by atoms with Crippen molar-refractivity contribution in [3.63, 3.8) is 0 Å². The maximum atomic E-state index is 12.2. The minimum atomic E-state index is -4.61. The van der Waals surface area contributed by atoms with Crippen LogP contribution < -0.4 is 10.2 Å². The predicted molar refractivity (Wildman–Crippen MR) is 97.9 cm³/mol. The Morgan fingerprint density at radius 2 is 1.66 bits per heavy atom. The number of aromatic carboxylic acids is 1. The van der Waals surface area contributed by atoms with E-state index >= 15 is 0 Å². The Labute approximate surface area is 181 Å². The van der Waals surface area contributed by atoms with Crippen LogP contribution in [-0.4, -0.2) is 18.9 Å². The van der Waals surface area contributed by atoms with E-state index in [2.05, 4.69) is 10.2 Å². The monoisotopic (exact) mass is 473 g/mol. The molecule has 3 rings (SSSR count). The Balaban J connectivity index is 0.00000300. The third-order valence-electron chi connectivity index (χ3n) is 3.98. The largest absolute Gasteiger partial charge is 2.00 e. The van der Waals surface area contributed by atoms with Crippen molar-refractivity contribution < 1.29 is 45.0 Å². The van der Waals surface area contributed by atoms with Crippen molar-refractivity contribution in [2.45, 2.75) is 11.8 Å². The van der Waals surface area contributed by atoms with Crippen molar-refractivity contribution in [2.24, 2.45) is 10.2 Å². The van der Waals surface area contributed by atoms with Gasteiger partial charge in [-0.15, -0.1) is 10.2 Å². The first-order valence-electron chi connectivity index (χ1n) is 7.73. The van der Waals surface area contributed by atoms with Crippen LogP contribution in [0.2, 0.25) is 5.02 Å². The molecule has 8 nitrogen and oxygen atoms in total. The van der Waals surface area contributed by atoms with E-state index in [4.69, 9.17) is 11.6 Å². The Morgan fingerprint density at radius 1 is 1.07 bits per heavy atom. The summed E-state index contributed by atoms with van der Waals surface area (Å²) in [6, 6.07) is 9.47. The van der Waals surface area contributed by atoms with E-state index in [9.17, 15) is 28.0 Å². The van der Waals surface area contributed by atoms with Crippen LogP contribution in [0.3, 0.4) is 0 Å². The zero-order valence-corrected chi connectivity index (χ0v) is 17.3. The van der Waals surface area contributed by atoms with Gasteiger partial charge in [-0.25, -0.2) is 0 Å². The summed E-state index contributed by atoms with van der Waals surface area (Å²) >= 11 is 5.99. The molecule has 0 atom stereocenters. The number of aryl methyl sites for hydroxylation is 1. The van der Waals surface area contributed by atoms with E-state index in [1.807, 2.05) is 0 Å². The molecule has 0 amide bonds. The number of rotatable bonds is 4. The van der Waals surface area contributed by atoms with E-state index in [0.29, 0.717) is 10.9 Å². The summed E-state index contributed by atoms with van der Waals surface area (Å²) in [5.74, 6) is -2.41. The van der Waals surface area contributed by atoms with Crippen molar-refractivity contribution in [1.29, 1.82) is 0 Å². The quantitative estimate of drug-likeness (QED) is 0.350. The standard InChI is InChI=1S/C18H13ClN2O6S.Mn/c1-9-6-16(28(25,26)27)15(8-13(9)19)21-20-14-7-12(18(23)24)17(22)11-5-3-2-4-10(11)14;/h2-8,22H,1H3,(H,23,24)(H,25,26,27);/q;+2/p-2. The zero-order chi connectivity index (χ0) is 20.6. The summed E-state index contributed by atoms with van der Waals surface area (Å²) in [6.07, 6.45) is 0. The summed E-state index contributed by atoms with van der Waals surface area (Å²) < 4.78 is 32.6. The first-order chi connectivity index (χ1) is 13.1. The molecule has 0 bridgehead atoms. The molecule has 11 heteroatoms. The van der Waals surface area contributed by atoms with Crippen LogP contribution >= 0.6 is 11.6 Å². The number of carboxylic acids is 1. The van der Waals surface area contributed by atoms with E-state index in [-0.39, 0.29) is 38.9 Å². The Kier molecular flexibility index (Phi) is 6.67. The first-order valence-corrected chi connectivity index (χ1v) is 9.55. The third kappa shape index (κ3) is 4.58. The number of azo groups is 1. The summed E-state index contributed by atoms with van der Waals surface area (Å²) in [4.78, 5) is 10.7. The molecule has 149 valence electrons. The van der Waals surface area contributed by atoms with Gasteiger partial charge in [0.05, 0.1) is 11.7 Å². The van der Waals surface area contributed by atoms with Gasteiger partial charge < -0.3 is 15.0 Å². The van der Waals surface area contributed by atoms with Crippen LogP contribution in [0.5, 0.6) is 5.75 Å². The van der Waals surface area contributed by atoms with Gasteiger partial charge in [0.15, 0.2) is 0 Å². The fraction of sp³-hybridized carbons (Fsp3) is 0.0556. The maximum absolute atomic E-state index is 12.2. The number of benzene rings is 3. The van der Waals surface area contributed by atoms with Crippen molar-refractivity contribution in [2.75, 3.05) is 0 Å². The third-order valence-corrected chi connectivity index (χ3v) is 5.27. The van der Waals surface area contributed by atoms with E-state index in [1.165, 1.54) is 18.2 Å². The number of hydrogen-bond donors (Lipinski definition) is 1. The van der Waals surface area contributed by atoms with Gasteiger partial charge in [-0.3, -0.25) is 4.55 Å². The second-order valence-electron chi connectivity index (χ2n) is 5.85. The predicted octanol–water partition coefficient (Wildman–Crippen LogP) is 2.90.